The van der Waals surface area contributed by atoms with Gasteiger partial charge in [0.15, 0.2) is 0 Å². The van der Waals surface area contributed by atoms with Gasteiger partial charge < -0.3 is 10.0 Å². The second kappa shape index (κ2) is 7.58. The molecule has 2 N–H and O–H groups in total. The Morgan fingerprint density at radius 3 is 2.46 bits per heavy atom. The predicted octanol–water partition coefficient (Wildman–Crippen LogP) is 3.53. The van der Waals surface area contributed by atoms with Gasteiger partial charge in [-0.15, -0.1) is 10.2 Å². The lowest BCUT2D eigenvalue weighted by Gasteiger charge is -2.34. The highest BCUT2D eigenvalue weighted by Crippen LogP contribution is 2.34. The minimum atomic E-state index is -4.58. The fraction of sp³-hybridized carbons (Fsp3) is 0.438. The zero-order chi connectivity index (χ0) is 18.7. The molecular weight excluding hydrogens is 369 g/mol. The molecule has 0 radical (unpaired) electrons. The van der Waals surface area contributed by atoms with E-state index >= 15 is 0 Å². The van der Waals surface area contributed by atoms with E-state index in [0.29, 0.717) is 25.9 Å². The maximum Gasteiger partial charge on any atom is 0.445 e. The first-order valence-corrected chi connectivity index (χ1v) is 8.86. The number of amides is 2. The molecular formula is C16H17F3N4O2S. The molecule has 1 fully saturated rings. The van der Waals surface area contributed by atoms with E-state index in [1.165, 1.54) is 4.90 Å². The average molecular weight is 386 g/mol. The third kappa shape index (κ3) is 4.31. The predicted molar refractivity (Wildman–Crippen MR) is 89.6 cm³/mol. The number of likely N-dealkylation sites (tertiary alicyclic amines) is 1. The Bertz CT molecular complexity index is 745. The van der Waals surface area contributed by atoms with Crippen molar-refractivity contribution in [2.75, 3.05) is 18.4 Å². The summed E-state index contributed by atoms with van der Waals surface area (Å²) in [4.78, 5) is 13.7. The number of urea groups is 1. The Hall–Kier alpha value is -2.20. The first-order valence-electron chi connectivity index (χ1n) is 8.04. The highest BCUT2D eigenvalue weighted by atomic mass is 32.1. The standard InChI is InChI=1S/C16H17F3N4O2S/c17-16(18,19)13-21-22-14(26-13)20-15(25)23-8-6-11(7-9-23)12(24)10-4-2-1-3-5-10/h1-5,11-12,24H,6-9H2,(H,20,22,25). The number of carbonyl (C=O) groups is 1. The third-order valence-electron chi connectivity index (χ3n) is 4.30. The molecule has 1 aliphatic heterocycles. The van der Waals surface area contributed by atoms with Crippen LogP contribution in [0.15, 0.2) is 30.3 Å². The topological polar surface area (TPSA) is 78.4 Å². The summed E-state index contributed by atoms with van der Waals surface area (Å²) >= 11 is 0.289. The smallest absolute Gasteiger partial charge is 0.388 e. The molecule has 2 heterocycles. The lowest BCUT2D eigenvalue weighted by Crippen LogP contribution is -2.42. The van der Waals surface area contributed by atoms with Gasteiger partial charge in [-0.3, -0.25) is 5.32 Å². The zero-order valence-electron chi connectivity index (χ0n) is 13.6. The first kappa shape index (κ1) is 18.6. The van der Waals surface area contributed by atoms with E-state index in [1.54, 1.807) is 0 Å². The fourth-order valence-corrected chi connectivity index (χ4v) is 3.50. The molecule has 2 aromatic rings. The second-order valence-corrected chi connectivity index (χ2v) is 7.00. The summed E-state index contributed by atoms with van der Waals surface area (Å²) in [6.07, 6.45) is -3.97. The molecule has 2 amide bonds. The van der Waals surface area contributed by atoms with E-state index < -0.39 is 23.3 Å². The Morgan fingerprint density at radius 2 is 1.88 bits per heavy atom. The molecule has 1 aromatic heterocycles. The van der Waals surface area contributed by atoms with E-state index in [2.05, 4.69) is 15.5 Å². The maximum absolute atomic E-state index is 12.5. The lowest BCUT2D eigenvalue weighted by molar-refractivity contribution is -0.138. The van der Waals surface area contributed by atoms with Gasteiger partial charge in [-0.2, -0.15) is 13.2 Å². The Kier molecular flexibility index (Phi) is 5.42. The highest BCUT2D eigenvalue weighted by Gasteiger charge is 2.36. The van der Waals surface area contributed by atoms with E-state index in [1.807, 2.05) is 30.3 Å². The summed E-state index contributed by atoms with van der Waals surface area (Å²) in [5.41, 5.74) is 0.837. The summed E-state index contributed by atoms with van der Waals surface area (Å²) in [7, 11) is 0. The number of piperidine rings is 1. The molecule has 1 unspecified atom stereocenters. The van der Waals surface area contributed by atoms with Crippen molar-refractivity contribution < 1.29 is 23.1 Å². The SMILES string of the molecule is O=C(Nc1nnc(C(F)(F)F)s1)N1CCC(C(O)c2ccccc2)CC1. The van der Waals surface area contributed by atoms with Crippen LogP contribution in [0.5, 0.6) is 0 Å². The van der Waals surface area contributed by atoms with Gasteiger partial charge in [0.05, 0.1) is 6.10 Å². The molecule has 10 heteroatoms. The second-order valence-electron chi connectivity index (χ2n) is 6.02. The maximum atomic E-state index is 12.5. The number of anilines is 1. The molecule has 0 saturated carbocycles. The molecule has 0 spiro atoms. The van der Waals surface area contributed by atoms with Gasteiger partial charge in [-0.1, -0.05) is 41.7 Å². The number of hydrogen-bond acceptors (Lipinski definition) is 5. The number of halogens is 3. The van der Waals surface area contributed by atoms with Gasteiger partial charge in [0.1, 0.15) is 0 Å². The molecule has 6 nitrogen and oxygen atoms in total. The molecule has 0 bridgehead atoms. The number of alkyl halides is 3. The van der Waals surface area contributed by atoms with E-state index in [4.69, 9.17) is 0 Å². The average Bonchev–Trinajstić information content (AvgIpc) is 3.11. The van der Waals surface area contributed by atoms with Gasteiger partial charge in [0.2, 0.25) is 10.1 Å². The van der Waals surface area contributed by atoms with Crippen LogP contribution in [-0.2, 0) is 6.18 Å². The fourth-order valence-electron chi connectivity index (χ4n) is 2.90. The normalized spacial score (nSPS) is 17.2. The number of aliphatic hydroxyl groups excluding tert-OH is 1. The number of nitrogens with one attached hydrogen (secondary N) is 1. The van der Waals surface area contributed by atoms with Gasteiger partial charge >= 0.3 is 12.2 Å². The van der Waals surface area contributed by atoms with Crippen molar-refractivity contribution in [3.05, 3.63) is 40.9 Å². The summed E-state index contributed by atoms with van der Waals surface area (Å²) in [6.45, 7) is 0.816. The van der Waals surface area contributed by atoms with Gasteiger partial charge in [-0.25, -0.2) is 4.79 Å². The molecule has 1 aromatic carbocycles. The Labute approximate surface area is 151 Å². The summed E-state index contributed by atoms with van der Waals surface area (Å²) < 4.78 is 37.5. The molecule has 3 rings (SSSR count). The molecule has 1 aliphatic rings. The van der Waals surface area contributed by atoms with Crippen molar-refractivity contribution in [1.29, 1.82) is 0 Å². The third-order valence-corrected chi connectivity index (χ3v) is 5.18. The van der Waals surface area contributed by atoms with Gasteiger partial charge in [-0.05, 0) is 24.3 Å². The minimum absolute atomic E-state index is 0.0276. The van der Waals surface area contributed by atoms with Crippen LogP contribution in [-0.4, -0.2) is 39.3 Å². The van der Waals surface area contributed by atoms with Crippen molar-refractivity contribution in [3.8, 4) is 0 Å². The van der Waals surface area contributed by atoms with Crippen molar-refractivity contribution in [1.82, 2.24) is 15.1 Å². The summed E-state index contributed by atoms with van der Waals surface area (Å²) in [5.74, 6) is 0.0276. The number of nitrogens with zero attached hydrogens (tertiary/aromatic N) is 3. The molecule has 1 saturated heterocycles. The number of benzene rings is 1. The van der Waals surface area contributed by atoms with Crippen LogP contribution >= 0.6 is 11.3 Å². The van der Waals surface area contributed by atoms with Gasteiger partial charge in [0, 0.05) is 13.1 Å². The zero-order valence-corrected chi connectivity index (χ0v) is 14.4. The first-order chi connectivity index (χ1) is 12.3. The van der Waals surface area contributed by atoms with Crippen LogP contribution in [0, 0.1) is 5.92 Å². The van der Waals surface area contributed by atoms with Crippen molar-refractivity contribution in [2.24, 2.45) is 5.92 Å². The van der Waals surface area contributed by atoms with Crippen LogP contribution in [0.1, 0.15) is 29.5 Å². The highest BCUT2D eigenvalue weighted by molar-refractivity contribution is 7.15. The van der Waals surface area contributed by atoms with E-state index in [0.717, 1.165) is 5.56 Å². The van der Waals surface area contributed by atoms with Crippen molar-refractivity contribution in [3.63, 3.8) is 0 Å². The summed E-state index contributed by atoms with van der Waals surface area (Å²) in [6, 6.07) is 8.80. The summed E-state index contributed by atoms with van der Waals surface area (Å²) in [5, 5.41) is 17.9. The van der Waals surface area contributed by atoms with Crippen LogP contribution in [0.2, 0.25) is 0 Å². The monoisotopic (exact) mass is 386 g/mol. The van der Waals surface area contributed by atoms with E-state index in [-0.39, 0.29) is 22.4 Å². The quantitative estimate of drug-likeness (QED) is 0.846. The van der Waals surface area contributed by atoms with Crippen LogP contribution in [0.25, 0.3) is 0 Å². The van der Waals surface area contributed by atoms with Crippen LogP contribution < -0.4 is 5.32 Å². The number of aliphatic hydroxyl groups is 1. The number of aromatic nitrogens is 2. The largest absolute Gasteiger partial charge is 0.445 e. The molecule has 26 heavy (non-hydrogen) atoms. The molecule has 1 atom stereocenters. The van der Waals surface area contributed by atoms with Crippen molar-refractivity contribution >= 4 is 22.5 Å². The minimum Gasteiger partial charge on any atom is -0.388 e. The Balaban J connectivity index is 1.53. The lowest BCUT2D eigenvalue weighted by atomic mass is 9.87. The Morgan fingerprint density at radius 1 is 1.23 bits per heavy atom. The van der Waals surface area contributed by atoms with Crippen LogP contribution in [0.4, 0.5) is 23.1 Å². The van der Waals surface area contributed by atoms with Crippen LogP contribution in [0.3, 0.4) is 0 Å². The molecule has 140 valence electrons. The molecule has 0 aliphatic carbocycles. The van der Waals surface area contributed by atoms with E-state index in [9.17, 15) is 23.1 Å². The number of carbonyl (C=O) groups excluding carboxylic acids is 1. The number of hydrogen-bond donors (Lipinski definition) is 2. The van der Waals surface area contributed by atoms with Gasteiger partial charge in [0.25, 0.3) is 0 Å². The number of rotatable bonds is 3. The van der Waals surface area contributed by atoms with Crippen molar-refractivity contribution in [2.45, 2.75) is 25.1 Å².